The predicted octanol–water partition coefficient (Wildman–Crippen LogP) is 3.69. The Labute approximate surface area is 159 Å². The van der Waals surface area contributed by atoms with Crippen LogP contribution >= 0.6 is 23.2 Å². The van der Waals surface area contributed by atoms with E-state index in [1.54, 1.807) is 10.4 Å². The summed E-state index contributed by atoms with van der Waals surface area (Å²) in [5.41, 5.74) is 2.01. The highest BCUT2D eigenvalue weighted by Crippen LogP contribution is 2.28. The highest BCUT2D eigenvalue weighted by Gasteiger charge is 2.26. The van der Waals surface area contributed by atoms with Crippen LogP contribution in [0.3, 0.4) is 0 Å². The van der Waals surface area contributed by atoms with Crippen molar-refractivity contribution in [2.75, 3.05) is 36.8 Å². The van der Waals surface area contributed by atoms with Gasteiger partial charge in [-0.3, -0.25) is 0 Å². The molecule has 1 heterocycles. The summed E-state index contributed by atoms with van der Waals surface area (Å²) in [6, 6.07) is 15.2. The van der Waals surface area contributed by atoms with Crippen LogP contribution in [0.15, 0.2) is 48.5 Å². The minimum atomic E-state index is -3.24. The summed E-state index contributed by atoms with van der Waals surface area (Å²) in [6.07, 6.45) is 0.538. The lowest BCUT2D eigenvalue weighted by Crippen LogP contribution is -2.49. The monoisotopic (exact) mass is 398 g/mol. The van der Waals surface area contributed by atoms with Crippen LogP contribution in [0, 0.1) is 0 Å². The number of rotatable bonds is 5. The first kappa shape index (κ1) is 18.5. The van der Waals surface area contributed by atoms with Gasteiger partial charge in [-0.05, 0) is 30.2 Å². The topological polar surface area (TPSA) is 40.6 Å². The number of piperazine rings is 1. The maximum absolute atomic E-state index is 12.6. The van der Waals surface area contributed by atoms with Crippen molar-refractivity contribution in [3.8, 4) is 0 Å². The molecular formula is C18H20Cl2N2O2S. The molecule has 25 heavy (non-hydrogen) atoms. The molecule has 134 valence electrons. The lowest BCUT2D eigenvalue weighted by molar-refractivity contribution is 0.385. The van der Waals surface area contributed by atoms with E-state index in [1.807, 2.05) is 42.5 Å². The molecule has 0 saturated carbocycles. The van der Waals surface area contributed by atoms with Crippen LogP contribution in [0.4, 0.5) is 5.69 Å². The Kier molecular flexibility index (Phi) is 5.89. The Morgan fingerprint density at radius 3 is 2.20 bits per heavy atom. The number of nitrogens with zero attached hydrogens (tertiary/aromatic N) is 2. The Bertz CT molecular complexity index is 820. The van der Waals surface area contributed by atoms with Crippen molar-refractivity contribution in [2.45, 2.75) is 6.42 Å². The molecule has 0 N–H and O–H groups in total. The molecule has 3 rings (SSSR count). The second-order valence-corrected chi connectivity index (χ2v) is 8.94. The van der Waals surface area contributed by atoms with E-state index in [0.717, 1.165) is 11.3 Å². The molecule has 1 fully saturated rings. The van der Waals surface area contributed by atoms with Crippen LogP contribution in [0.25, 0.3) is 0 Å². The first-order chi connectivity index (χ1) is 12.0. The zero-order valence-electron chi connectivity index (χ0n) is 13.7. The summed E-state index contributed by atoms with van der Waals surface area (Å²) < 4.78 is 26.7. The standard InChI is InChI=1S/C18H20Cl2N2O2S/c19-17-7-6-16(14-18(17)20)21-9-11-22(12-10-21)25(23,24)13-8-15-4-2-1-3-5-15/h1-7,14H,8-13H2. The van der Waals surface area contributed by atoms with Gasteiger partial charge in [0.05, 0.1) is 15.8 Å². The number of benzene rings is 2. The molecule has 7 heteroatoms. The minimum Gasteiger partial charge on any atom is -0.369 e. The van der Waals surface area contributed by atoms with Crippen LogP contribution in [-0.4, -0.2) is 44.7 Å². The van der Waals surface area contributed by atoms with Gasteiger partial charge in [0.15, 0.2) is 0 Å². The summed E-state index contributed by atoms with van der Waals surface area (Å²) in [7, 11) is -3.24. The van der Waals surface area contributed by atoms with Crippen LogP contribution in [0.2, 0.25) is 10.0 Å². The summed E-state index contributed by atoms with van der Waals surface area (Å²) in [5, 5.41) is 1.03. The number of aryl methyl sites for hydroxylation is 1. The second-order valence-electron chi connectivity index (χ2n) is 6.04. The fourth-order valence-electron chi connectivity index (χ4n) is 2.93. The average molecular weight is 399 g/mol. The predicted molar refractivity (Wildman–Crippen MR) is 104 cm³/mol. The summed E-state index contributed by atoms with van der Waals surface area (Å²) in [4.78, 5) is 2.13. The normalized spacial score (nSPS) is 16.2. The van der Waals surface area contributed by atoms with Crippen molar-refractivity contribution in [3.63, 3.8) is 0 Å². The van der Waals surface area contributed by atoms with Crippen molar-refractivity contribution in [1.29, 1.82) is 0 Å². The van der Waals surface area contributed by atoms with E-state index in [2.05, 4.69) is 4.90 Å². The van der Waals surface area contributed by atoms with Crippen molar-refractivity contribution in [3.05, 3.63) is 64.1 Å². The smallest absolute Gasteiger partial charge is 0.214 e. The van der Waals surface area contributed by atoms with Gasteiger partial charge in [-0.2, -0.15) is 4.31 Å². The molecule has 0 bridgehead atoms. The van der Waals surface area contributed by atoms with E-state index in [0.29, 0.717) is 42.6 Å². The van der Waals surface area contributed by atoms with E-state index < -0.39 is 10.0 Å². The molecule has 0 aromatic heterocycles. The van der Waals surface area contributed by atoms with Crippen LogP contribution < -0.4 is 4.90 Å². The van der Waals surface area contributed by atoms with Crippen molar-refractivity contribution < 1.29 is 8.42 Å². The zero-order chi connectivity index (χ0) is 17.9. The molecule has 1 aliphatic rings. The highest BCUT2D eigenvalue weighted by molar-refractivity contribution is 7.89. The van der Waals surface area contributed by atoms with E-state index >= 15 is 0 Å². The maximum Gasteiger partial charge on any atom is 0.214 e. The third kappa shape index (κ3) is 4.67. The Balaban J connectivity index is 1.58. The van der Waals surface area contributed by atoms with Gasteiger partial charge in [0.1, 0.15) is 0 Å². The zero-order valence-corrected chi connectivity index (χ0v) is 16.1. The Morgan fingerprint density at radius 1 is 0.880 bits per heavy atom. The van der Waals surface area contributed by atoms with Crippen molar-refractivity contribution in [2.24, 2.45) is 0 Å². The lowest BCUT2D eigenvalue weighted by atomic mass is 10.2. The van der Waals surface area contributed by atoms with Crippen molar-refractivity contribution in [1.82, 2.24) is 4.31 Å². The quantitative estimate of drug-likeness (QED) is 0.770. The molecule has 1 saturated heterocycles. The average Bonchev–Trinajstić information content (AvgIpc) is 2.63. The van der Waals surface area contributed by atoms with Gasteiger partial charge >= 0.3 is 0 Å². The molecule has 0 unspecified atom stereocenters. The fraction of sp³-hybridized carbons (Fsp3) is 0.333. The number of hydrogen-bond acceptors (Lipinski definition) is 3. The van der Waals surface area contributed by atoms with E-state index in [-0.39, 0.29) is 5.75 Å². The third-order valence-electron chi connectivity index (χ3n) is 4.39. The maximum atomic E-state index is 12.6. The number of anilines is 1. The van der Waals surface area contributed by atoms with Gasteiger partial charge in [-0.1, -0.05) is 53.5 Å². The first-order valence-corrected chi connectivity index (χ1v) is 10.5. The lowest BCUT2D eigenvalue weighted by Gasteiger charge is -2.35. The Hall–Kier alpha value is -1.27. The van der Waals surface area contributed by atoms with Gasteiger partial charge in [0.25, 0.3) is 0 Å². The molecule has 0 amide bonds. The molecule has 2 aromatic carbocycles. The highest BCUT2D eigenvalue weighted by atomic mass is 35.5. The molecule has 0 spiro atoms. The molecule has 1 aliphatic heterocycles. The molecular weight excluding hydrogens is 379 g/mol. The van der Waals surface area contributed by atoms with Crippen LogP contribution in [-0.2, 0) is 16.4 Å². The van der Waals surface area contributed by atoms with Gasteiger partial charge in [-0.15, -0.1) is 0 Å². The molecule has 0 atom stereocenters. The van der Waals surface area contributed by atoms with E-state index in [1.165, 1.54) is 0 Å². The number of sulfonamides is 1. The summed E-state index contributed by atoms with van der Waals surface area (Å²) in [5.74, 6) is 0.143. The number of halogens is 2. The number of hydrogen-bond donors (Lipinski definition) is 0. The Morgan fingerprint density at radius 2 is 1.56 bits per heavy atom. The summed E-state index contributed by atoms with van der Waals surface area (Å²) in [6.45, 7) is 2.25. The fourth-order valence-corrected chi connectivity index (χ4v) is 4.69. The van der Waals surface area contributed by atoms with E-state index in [9.17, 15) is 8.42 Å². The minimum absolute atomic E-state index is 0.143. The van der Waals surface area contributed by atoms with Gasteiger partial charge in [0, 0.05) is 31.9 Å². The van der Waals surface area contributed by atoms with Crippen LogP contribution in [0.1, 0.15) is 5.56 Å². The van der Waals surface area contributed by atoms with Crippen molar-refractivity contribution >= 4 is 38.9 Å². The summed E-state index contributed by atoms with van der Waals surface area (Å²) >= 11 is 12.0. The SMILES string of the molecule is O=S(=O)(CCc1ccccc1)N1CCN(c2ccc(Cl)c(Cl)c2)CC1. The second kappa shape index (κ2) is 7.96. The van der Waals surface area contributed by atoms with E-state index in [4.69, 9.17) is 23.2 Å². The molecule has 0 aliphatic carbocycles. The van der Waals surface area contributed by atoms with Gasteiger partial charge < -0.3 is 4.90 Å². The molecule has 2 aromatic rings. The van der Waals surface area contributed by atoms with Gasteiger partial charge in [-0.25, -0.2) is 8.42 Å². The largest absolute Gasteiger partial charge is 0.369 e. The molecule has 0 radical (unpaired) electrons. The molecule has 4 nitrogen and oxygen atoms in total. The van der Waals surface area contributed by atoms with Crippen LogP contribution in [0.5, 0.6) is 0 Å². The first-order valence-electron chi connectivity index (χ1n) is 8.17. The van der Waals surface area contributed by atoms with Gasteiger partial charge in [0.2, 0.25) is 10.0 Å². The third-order valence-corrected chi connectivity index (χ3v) is 7.00.